The molecule has 7 N–H and O–H groups in total. The van der Waals surface area contributed by atoms with E-state index in [1.807, 2.05) is 6.26 Å². The summed E-state index contributed by atoms with van der Waals surface area (Å²) in [6, 6.07) is -4.78. The molecule has 31 heavy (non-hydrogen) atoms. The van der Waals surface area contributed by atoms with Crippen LogP contribution in [0.1, 0.15) is 33.1 Å². The highest BCUT2D eigenvalue weighted by Gasteiger charge is 2.33. The Labute approximate surface area is 191 Å². The van der Waals surface area contributed by atoms with Crippen LogP contribution in [0.4, 0.5) is 0 Å². The zero-order valence-electron chi connectivity index (χ0n) is 17.8. The van der Waals surface area contributed by atoms with Gasteiger partial charge in [0.2, 0.25) is 17.7 Å². The number of carboxylic acids is 2. The van der Waals surface area contributed by atoms with Crippen LogP contribution >= 0.6 is 24.4 Å². The van der Waals surface area contributed by atoms with E-state index in [1.54, 1.807) is 13.8 Å². The fourth-order valence-corrected chi connectivity index (χ4v) is 3.18. The number of hydrogen-bond acceptors (Lipinski definition) is 8. The molecule has 0 spiro atoms. The topological polar surface area (TPSA) is 188 Å². The van der Waals surface area contributed by atoms with Gasteiger partial charge in [0.05, 0.1) is 12.5 Å². The van der Waals surface area contributed by atoms with Crippen molar-refractivity contribution in [2.24, 2.45) is 11.7 Å². The first kappa shape index (κ1) is 29.0. The first-order chi connectivity index (χ1) is 14.5. The predicted octanol–water partition coefficient (Wildman–Crippen LogP) is -0.944. The lowest BCUT2D eigenvalue weighted by molar-refractivity contribution is -0.143. The quantitative estimate of drug-likeness (QED) is 0.145. The molecule has 0 aromatic rings. The number of carbonyl (C=O) groups is 5. The molecule has 178 valence electrons. The summed E-state index contributed by atoms with van der Waals surface area (Å²) < 4.78 is 0. The van der Waals surface area contributed by atoms with Crippen molar-refractivity contribution in [1.29, 1.82) is 0 Å². The molecule has 3 amide bonds. The average Bonchev–Trinajstić information content (AvgIpc) is 2.71. The normalized spacial score (nSPS) is 15.6. The van der Waals surface area contributed by atoms with E-state index in [4.69, 9.17) is 15.9 Å². The standard InChI is InChI=1S/C18H32N4O7S2/c1-4-9(2)14(22-15(25)10(19)5-6-31-3)17(27)20-11(7-13(23)24)16(26)21-12(8-30)18(28)29/h9-12,14,30H,4-8,19H2,1-3H3,(H,20,27)(H,21,26)(H,22,25)(H,23,24)(H,28,29). The summed E-state index contributed by atoms with van der Waals surface area (Å²) in [6.07, 6.45) is 2.02. The van der Waals surface area contributed by atoms with E-state index in [0.29, 0.717) is 18.6 Å². The van der Waals surface area contributed by atoms with E-state index in [0.717, 1.165) is 0 Å². The maximum atomic E-state index is 12.8. The molecule has 5 atom stereocenters. The van der Waals surface area contributed by atoms with Crippen molar-refractivity contribution in [2.45, 2.75) is 57.3 Å². The number of carboxylic acid groups (broad SMARTS) is 2. The Morgan fingerprint density at radius 3 is 2.03 bits per heavy atom. The van der Waals surface area contributed by atoms with Gasteiger partial charge in [-0.3, -0.25) is 19.2 Å². The van der Waals surface area contributed by atoms with Gasteiger partial charge in [-0.25, -0.2) is 4.79 Å². The first-order valence-electron chi connectivity index (χ1n) is 9.69. The minimum Gasteiger partial charge on any atom is -0.481 e. The minimum atomic E-state index is -1.54. The van der Waals surface area contributed by atoms with Crippen LogP contribution in [0, 0.1) is 5.92 Å². The summed E-state index contributed by atoms with van der Waals surface area (Å²) >= 11 is 5.35. The van der Waals surface area contributed by atoms with E-state index in [2.05, 4.69) is 28.6 Å². The second-order valence-corrected chi connectivity index (χ2v) is 8.35. The summed E-state index contributed by atoms with van der Waals surface area (Å²) in [5.41, 5.74) is 5.85. The van der Waals surface area contributed by atoms with Crippen LogP contribution in [0.5, 0.6) is 0 Å². The lowest BCUT2D eigenvalue weighted by Gasteiger charge is -2.27. The Bertz CT molecular complexity index is 650. The van der Waals surface area contributed by atoms with Gasteiger partial charge >= 0.3 is 11.9 Å². The molecule has 5 unspecified atom stereocenters. The number of nitrogens with one attached hydrogen (secondary N) is 3. The fraction of sp³-hybridized carbons (Fsp3) is 0.722. The lowest BCUT2D eigenvalue weighted by Crippen LogP contribution is -2.59. The van der Waals surface area contributed by atoms with Crippen molar-refractivity contribution in [1.82, 2.24) is 16.0 Å². The number of rotatable bonds is 15. The van der Waals surface area contributed by atoms with E-state index < -0.39 is 60.2 Å². The highest BCUT2D eigenvalue weighted by molar-refractivity contribution is 7.98. The molecule has 0 aliphatic rings. The molecule has 0 fully saturated rings. The van der Waals surface area contributed by atoms with Crippen LogP contribution in [0.25, 0.3) is 0 Å². The highest BCUT2D eigenvalue weighted by Crippen LogP contribution is 2.10. The summed E-state index contributed by atoms with van der Waals surface area (Å²) in [5, 5.41) is 25.2. The number of thioether (sulfide) groups is 1. The van der Waals surface area contributed by atoms with E-state index in [1.165, 1.54) is 11.8 Å². The molecule has 0 aliphatic heterocycles. The highest BCUT2D eigenvalue weighted by atomic mass is 32.2. The van der Waals surface area contributed by atoms with Crippen molar-refractivity contribution in [3.8, 4) is 0 Å². The second kappa shape index (κ2) is 14.9. The molecule has 0 aromatic heterocycles. The zero-order valence-corrected chi connectivity index (χ0v) is 19.5. The Kier molecular flexibility index (Phi) is 14.0. The third kappa shape index (κ3) is 10.7. The van der Waals surface area contributed by atoms with Crippen molar-refractivity contribution in [3.63, 3.8) is 0 Å². The summed E-state index contributed by atoms with van der Waals surface area (Å²) in [4.78, 5) is 59.9. The lowest BCUT2D eigenvalue weighted by atomic mass is 9.97. The maximum absolute atomic E-state index is 12.8. The van der Waals surface area contributed by atoms with E-state index in [-0.39, 0.29) is 11.7 Å². The Morgan fingerprint density at radius 1 is 1.00 bits per heavy atom. The van der Waals surface area contributed by atoms with Gasteiger partial charge < -0.3 is 31.9 Å². The van der Waals surface area contributed by atoms with Crippen molar-refractivity contribution < 1.29 is 34.2 Å². The summed E-state index contributed by atoms with van der Waals surface area (Å²) in [6.45, 7) is 3.52. The van der Waals surface area contributed by atoms with Gasteiger partial charge in [0.15, 0.2) is 0 Å². The molecule has 0 radical (unpaired) electrons. The van der Waals surface area contributed by atoms with Crippen molar-refractivity contribution in [2.75, 3.05) is 17.8 Å². The molecule has 13 heteroatoms. The SMILES string of the molecule is CCC(C)C(NC(=O)C(N)CCSC)C(=O)NC(CC(=O)O)C(=O)NC(CS)C(=O)O. The van der Waals surface area contributed by atoms with Crippen LogP contribution in [-0.2, 0) is 24.0 Å². The summed E-state index contributed by atoms with van der Waals surface area (Å²) in [5.74, 6) is -4.92. The molecule has 0 saturated heterocycles. The number of thiol groups is 1. The van der Waals surface area contributed by atoms with Crippen LogP contribution in [0.3, 0.4) is 0 Å². The molecular weight excluding hydrogens is 448 g/mol. The Balaban J connectivity index is 5.44. The number of amides is 3. The monoisotopic (exact) mass is 480 g/mol. The molecule has 0 saturated carbocycles. The van der Waals surface area contributed by atoms with Crippen LogP contribution in [0.2, 0.25) is 0 Å². The van der Waals surface area contributed by atoms with Gasteiger partial charge in [0.25, 0.3) is 0 Å². The maximum Gasteiger partial charge on any atom is 0.327 e. The van der Waals surface area contributed by atoms with Gasteiger partial charge in [0.1, 0.15) is 18.1 Å². The number of aliphatic carboxylic acids is 2. The smallest absolute Gasteiger partial charge is 0.327 e. The van der Waals surface area contributed by atoms with Crippen molar-refractivity contribution in [3.05, 3.63) is 0 Å². The van der Waals surface area contributed by atoms with E-state index in [9.17, 15) is 24.0 Å². The number of nitrogens with two attached hydrogens (primary N) is 1. The molecule has 11 nitrogen and oxygen atoms in total. The number of hydrogen-bond donors (Lipinski definition) is 7. The van der Waals surface area contributed by atoms with Gasteiger partial charge in [-0.05, 0) is 24.3 Å². The molecule has 0 aliphatic carbocycles. The molecule has 0 heterocycles. The van der Waals surface area contributed by atoms with Gasteiger partial charge in [-0.1, -0.05) is 20.3 Å². The van der Waals surface area contributed by atoms with Gasteiger partial charge in [0, 0.05) is 5.75 Å². The first-order valence-corrected chi connectivity index (χ1v) is 11.7. The summed E-state index contributed by atoms with van der Waals surface area (Å²) in [7, 11) is 0. The third-order valence-electron chi connectivity index (χ3n) is 4.57. The third-order valence-corrected chi connectivity index (χ3v) is 5.58. The van der Waals surface area contributed by atoms with Crippen LogP contribution in [-0.4, -0.2) is 81.8 Å². The molecular formula is C18H32N4O7S2. The average molecular weight is 481 g/mol. The van der Waals surface area contributed by atoms with Crippen LogP contribution < -0.4 is 21.7 Å². The predicted molar refractivity (Wildman–Crippen MR) is 120 cm³/mol. The molecule has 0 aromatic carbocycles. The van der Waals surface area contributed by atoms with Crippen LogP contribution in [0.15, 0.2) is 0 Å². The zero-order chi connectivity index (χ0) is 24.1. The largest absolute Gasteiger partial charge is 0.481 e. The fourth-order valence-electron chi connectivity index (χ4n) is 2.44. The number of carbonyl (C=O) groups excluding carboxylic acids is 3. The minimum absolute atomic E-state index is 0.228. The van der Waals surface area contributed by atoms with Gasteiger partial charge in [-0.2, -0.15) is 24.4 Å². The Morgan fingerprint density at radius 2 is 1.58 bits per heavy atom. The molecule has 0 rings (SSSR count). The second-order valence-electron chi connectivity index (χ2n) is 7.00. The van der Waals surface area contributed by atoms with Gasteiger partial charge in [-0.15, -0.1) is 0 Å². The molecule has 0 bridgehead atoms. The Hall–Kier alpha value is -1.99. The van der Waals surface area contributed by atoms with E-state index >= 15 is 0 Å². The van der Waals surface area contributed by atoms with Crippen molar-refractivity contribution >= 4 is 54.1 Å².